The quantitative estimate of drug-likeness (QED) is 0.562. The Labute approximate surface area is 164 Å². The van der Waals surface area contributed by atoms with Crippen molar-refractivity contribution in [3.05, 3.63) is 60.2 Å². The summed E-state index contributed by atoms with van der Waals surface area (Å²) in [6.07, 6.45) is 1.91. The van der Waals surface area contributed by atoms with Gasteiger partial charge in [-0.3, -0.25) is 4.57 Å². The molecule has 2 aromatic carbocycles. The van der Waals surface area contributed by atoms with E-state index in [0.717, 1.165) is 36.0 Å². The Morgan fingerprint density at radius 1 is 1.11 bits per heavy atom. The average Bonchev–Trinajstić information content (AvgIpc) is 3.00. The number of aromatic nitrogens is 1. The van der Waals surface area contributed by atoms with Crippen LogP contribution >= 0.6 is 10.7 Å². The molecule has 3 aromatic rings. The van der Waals surface area contributed by atoms with Crippen molar-refractivity contribution < 1.29 is 13.2 Å². The van der Waals surface area contributed by atoms with Gasteiger partial charge in [-0.25, -0.2) is 8.42 Å². The van der Waals surface area contributed by atoms with Gasteiger partial charge in [0.1, 0.15) is 0 Å². The van der Waals surface area contributed by atoms with Crippen LogP contribution in [0.2, 0.25) is 0 Å². The number of benzene rings is 2. The topological polar surface area (TPSA) is 48.3 Å². The molecule has 142 valence electrons. The fourth-order valence-electron chi connectivity index (χ4n) is 4.00. The van der Waals surface area contributed by atoms with Crippen molar-refractivity contribution in [1.82, 2.24) is 4.57 Å². The van der Waals surface area contributed by atoms with Crippen LogP contribution < -0.4 is 0 Å². The second-order valence-electron chi connectivity index (χ2n) is 7.71. The normalized spacial score (nSPS) is 20.0. The summed E-state index contributed by atoms with van der Waals surface area (Å²) in [6.45, 7) is 4.96. The molecule has 1 aromatic heterocycles. The molecular weight excluding hydrogens is 382 g/mol. The zero-order valence-corrected chi connectivity index (χ0v) is 16.9. The molecule has 1 atom stereocenters. The summed E-state index contributed by atoms with van der Waals surface area (Å²) in [5.74, 6) is 0.397. The molecule has 4 rings (SSSR count). The Hall–Kier alpha value is -1.82. The summed E-state index contributed by atoms with van der Waals surface area (Å²) in [7, 11) is 1.86. The molecule has 0 aliphatic carbocycles. The van der Waals surface area contributed by atoms with Crippen molar-refractivity contribution in [3.8, 4) is 5.69 Å². The highest BCUT2D eigenvalue weighted by molar-refractivity contribution is 8.13. The lowest BCUT2D eigenvalue weighted by atomic mass is 9.83. The predicted octanol–water partition coefficient (Wildman–Crippen LogP) is 5.23. The summed E-state index contributed by atoms with van der Waals surface area (Å²) < 4.78 is 31.9. The Kier molecular flexibility index (Phi) is 4.57. The lowest BCUT2D eigenvalue weighted by Crippen LogP contribution is -2.32. The molecule has 0 bridgehead atoms. The molecule has 1 saturated heterocycles. The van der Waals surface area contributed by atoms with Gasteiger partial charge in [-0.15, -0.1) is 0 Å². The van der Waals surface area contributed by atoms with E-state index in [-0.39, 0.29) is 10.6 Å². The molecule has 0 amide bonds. The highest BCUT2D eigenvalue weighted by Crippen LogP contribution is 2.38. The maximum Gasteiger partial charge on any atom is 0.277 e. The molecule has 1 unspecified atom stereocenters. The highest BCUT2D eigenvalue weighted by atomic mass is 35.7. The molecule has 0 radical (unpaired) electrons. The van der Waals surface area contributed by atoms with E-state index in [9.17, 15) is 8.42 Å². The molecule has 0 N–H and O–H groups in total. The fraction of sp³-hybridized carbons (Fsp3) is 0.333. The van der Waals surface area contributed by atoms with E-state index in [2.05, 4.69) is 26.0 Å². The Morgan fingerprint density at radius 2 is 1.85 bits per heavy atom. The highest BCUT2D eigenvalue weighted by Gasteiger charge is 2.30. The molecular formula is C21H22ClNO3S. The Balaban J connectivity index is 1.86. The van der Waals surface area contributed by atoms with Gasteiger partial charge in [-0.1, -0.05) is 24.3 Å². The zero-order chi connectivity index (χ0) is 19.2. The molecule has 1 aliphatic heterocycles. The summed E-state index contributed by atoms with van der Waals surface area (Å²) in [5.41, 5.74) is 2.67. The first-order valence-electron chi connectivity index (χ1n) is 9.04. The van der Waals surface area contributed by atoms with E-state index in [4.69, 9.17) is 15.4 Å². The van der Waals surface area contributed by atoms with Crippen LogP contribution in [0.5, 0.6) is 0 Å². The number of halogens is 1. The largest absolute Gasteiger partial charge is 0.376 e. The monoisotopic (exact) mass is 403 g/mol. The number of rotatable bonds is 3. The number of fused-ring (bicyclic) bond motifs is 1. The van der Waals surface area contributed by atoms with Crippen molar-refractivity contribution >= 4 is 30.6 Å². The first-order chi connectivity index (χ1) is 12.7. The number of hydrogen-bond donors (Lipinski definition) is 0. The molecule has 27 heavy (non-hydrogen) atoms. The first-order valence-corrected chi connectivity index (χ1v) is 11.3. The standard InChI is InChI=1S/C21H22ClNO3S/c1-21(2)14-16(10-11-26-21)15-8-9-19-17(12-15)13-20(27(22,24)25)23(19)18-6-4-3-5-7-18/h3-9,12-13,16H,10-11,14H2,1-2H3. The Morgan fingerprint density at radius 3 is 2.52 bits per heavy atom. The van der Waals surface area contributed by atoms with Gasteiger partial charge < -0.3 is 4.74 Å². The number of para-hydroxylation sites is 1. The third kappa shape index (κ3) is 3.64. The van der Waals surface area contributed by atoms with Gasteiger partial charge >= 0.3 is 0 Å². The van der Waals surface area contributed by atoms with Crippen LogP contribution in [0.3, 0.4) is 0 Å². The van der Waals surface area contributed by atoms with E-state index < -0.39 is 9.05 Å². The van der Waals surface area contributed by atoms with E-state index in [1.54, 1.807) is 10.6 Å². The van der Waals surface area contributed by atoms with Crippen LogP contribution in [0.15, 0.2) is 59.6 Å². The minimum absolute atomic E-state index is 0.0924. The summed E-state index contributed by atoms with van der Waals surface area (Å²) in [5, 5.41) is 0.967. The van der Waals surface area contributed by atoms with Crippen molar-refractivity contribution in [2.75, 3.05) is 6.61 Å². The van der Waals surface area contributed by atoms with E-state index in [1.807, 2.05) is 36.4 Å². The first kappa shape index (κ1) is 18.5. The van der Waals surface area contributed by atoms with Crippen molar-refractivity contribution in [1.29, 1.82) is 0 Å². The van der Waals surface area contributed by atoms with Gasteiger partial charge in [0.15, 0.2) is 5.03 Å². The second kappa shape index (κ2) is 6.66. The molecule has 2 heterocycles. The van der Waals surface area contributed by atoms with Crippen LogP contribution in [0.4, 0.5) is 0 Å². The van der Waals surface area contributed by atoms with Crippen LogP contribution in [-0.4, -0.2) is 25.2 Å². The van der Waals surface area contributed by atoms with Gasteiger partial charge in [0.2, 0.25) is 0 Å². The maximum absolute atomic E-state index is 12.2. The average molecular weight is 404 g/mol. The molecule has 0 saturated carbocycles. The number of nitrogens with zero attached hydrogens (tertiary/aromatic N) is 1. The summed E-state index contributed by atoms with van der Waals surface area (Å²) in [6, 6.07) is 17.2. The van der Waals surface area contributed by atoms with E-state index >= 15 is 0 Å². The minimum atomic E-state index is -3.88. The lowest BCUT2D eigenvalue weighted by molar-refractivity contribution is -0.0592. The van der Waals surface area contributed by atoms with Crippen molar-refractivity contribution in [2.45, 2.75) is 43.2 Å². The SMILES string of the molecule is CC1(C)CC(c2ccc3c(c2)cc(S(=O)(=O)Cl)n3-c2ccccc2)CCO1. The van der Waals surface area contributed by atoms with Gasteiger partial charge in [0.05, 0.1) is 11.1 Å². The summed E-state index contributed by atoms with van der Waals surface area (Å²) in [4.78, 5) is 0. The van der Waals surface area contributed by atoms with Crippen LogP contribution in [0.1, 0.15) is 38.2 Å². The maximum atomic E-state index is 12.2. The lowest BCUT2D eigenvalue weighted by Gasteiger charge is -2.35. The van der Waals surface area contributed by atoms with Gasteiger partial charge in [-0.05, 0) is 68.5 Å². The third-order valence-corrected chi connectivity index (χ3v) is 6.50. The molecule has 6 heteroatoms. The van der Waals surface area contributed by atoms with Crippen LogP contribution in [0.25, 0.3) is 16.6 Å². The molecule has 0 spiro atoms. The molecule has 4 nitrogen and oxygen atoms in total. The van der Waals surface area contributed by atoms with Crippen molar-refractivity contribution in [3.63, 3.8) is 0 Å². The zero-order valence-electron chi connectivity index (χ0n) is 15.4. The van der Waals surface area contributed by atoms with E-state index in [1.165, 1.54) is 5.56 Å². The van der Waals surface area contributed by atoms with Gasteiger partial charge in [-0.2, -0.15) is 0 Å². The van der Waals surface area contributed by atoms with E-state index in [0.29, 0.717) is 5.92 Å². The molecule has 1 fully saturated rings. The number of ether oxygens (including phenoxy) is 1. The molecule has 1 aliphatic rings. The fourth-order valence-corrected chi connectivity index (χ4v) is 5.03. The minimum Gasteiger partial charge on any atom is -0.376 e. The van der Waals surface area contributed by atoms with Crippen LogP contribution in [-0.2, 0) is 13.8 Å². The second-order valence-corrected chi connectivity index (χ2v) is 10.2. The van der Waals surface area contributed by atoms with Crippen molar-refractivity contribution in [2.24, 2.45) is 0 Å². The smallest absolute Gasteiger partial charge is 0.277 e. The van der Waals surface area contributed by atoms with Gasteiger partial charge in [0, 0.05) is 28.4 Å². The number of hydrogen-bond acceptors (Lipinski definition) is 3. The summed E-state index contributed by atoms with van der Waals surface area (Å²) >= 11 is 0. The van der Waals surface area contributed by atoms with Crippen LogP contribution in [0, 0.1) is 0 Å². The Bertz CT molecular complexity index is 1090. The van der Waals surface area contributed by atoms with Gasteiger partial charge in [0.25, 0.3) is 9.05 Å². The third-order valence-electron chi connectivity index (χ3n) is 5.22. The predicted molar refractivity (Wildman–Crippen MR) is 108 cm³/mol.